The van der Waals surface area contributed by atoms with Crippen molar-refractivity contribution in [3.8, 4) is 0 Å². The monoisotopic (exact) mass is 770 g/mol. The van der Waals surface area contributed by atoms with Gasteiger partial charge in [-0.3, -0.25) is 0 Å². The summed E-state index contributed by atoms with van der Waals surface area (Å²) in [7, 11) is 0. The zero-order chi connectivity index (χ0) is 38.1. The van der Waals surface area contributed by atoms with E-state index in [4.69, 9.17) is 15.3 Å². The van der Waals surface area contributed by atoms with Crippen LogP contribution in [0.4, 0.5) is 92.2 Å². The molecule has 288 valence electrons. The summed E-state index contributed by atoms with van der Waals surface area (Å²) in [5.74, 6) is 0. The first-order chi connectivity index (χ1) is 20.4. The van der Waals surface area contributed by atoms with Gasteiger partial charge in [0.1, 0.15) is 0 Å². The first-order valence-electron chi connectivity index (χ1n) is 11.1. The van der Waals surface area contributed by atoms with E-state index < -0.39 is 71.2 Å². The number of aliphatic hydroxyl groups is 3. The molecule has 3 N–H and O–H groups in total. The van der Waals surface area contributed by atoms with E-state index in [-0.39, 0.29) is 20.4 Å². The van der Waals surface area contributed by atoms with E-state index in [1.54, 1.807) is 0 Å². The molecule has 0 fully saturated rings. The number of rotatable bonds is 2. The second-order valence-corrected chi connectivity index (χ2v) is 8.85. The zero-order valence-corrected chi connectivity index (χ0v) is 22.0. The molecule has 0 unspecified atom stereocenters. The minimum absolute atomic E-state index is 0. The fourth-order valence-electron chi connectivity index (χ4n) is 3.01. The van der Waals surface area contributed by atoms with E-state index >= 15 is 0 Å². The molecular formula is C25H23F21O3. The van der Waals surface area contributed by atoms with E-state index in [1.807, 2.05) is 0 Å². The summed E-state index contributed by atoms with van der Waals surface area (Å²) < 4.78 is 251. The summed E-state index contributed by atoms with van der Waals surface area (Å²) in [4.78, 5) is 0. The number of alkyl halides is 21. The van der Waals surface area contributed by atoms with Crippen LogP contribution >= 0.6 is 0 Å². The quantitative estimate of drug-likeness (QED) is 0.267. The van der Waals surface area contributed by atoms with Crippen molar-refractivity contribution >= 4 is 0 Å². The maximum absolute atomic E-state index is 12.4. The normalized spacial score (nSPS) is 13.9. The number of benzene rings is 2. The van der Waals surface area contributed by atoms with Crippen LogP contribution in [0.3, 0.4) is 0 Å². The standard InChI is InChI=1S/C10H8F6O.C9H6F6O.C4HF9O.2CH4/c1-6-3-2-4-7(5-6)8(17,9(11,12)13)10(14,15)16;10-8(11,12)7(16,9(13,14)15)6-4-2-1-3-5-6;5-2(6,7)1(14,3(8,9)10)4(11,12)13;;/h2-5,17H,1H3;1-5,16H;14H;2*1H4. The first kappa shape index (κ1) is 50.2. The summed E-state index contributed by atoms with van der Waals surface area (Å²) in [5, 5.41) is 25.6. The van der Waals surface area contributed by atoms with Crippen LogP contribution < -0.4 is 0 Å². The molecule has 0 aromatic heterocycles. The Morgan fingerprint density at radius 2 is 0.633 bits per heavy atom. The molecule has 0 aliphatic heterocycles. The van der Waals surface area contributed by atoms with Gasteiger partial charge in [-0.25, -0.2) is 0 Å². The lowest BCUT2D eigenvalue weighted by atomic mass is 9.91. The number of hydrogen-bond donors (Lipinski definition) is 3. The molecule has 0 bridgehead atoms. The van der Waals surface area contributed by atoms with Gasteiger partial charge in [-0.15, -0.1) is 0 Å². The molecule has 0 aliphatic rings. The van der Waals surface area contributed by atoms with Crippen LogP contribution in [0.25, 0.3) is 0 Å². The van der Waals surface area contributed by atoms with Gasteiger partial charge >= 0.3 is 48.8 Å². The SMILES string of the molecule is C.C.Cc1cccc(C(O)(C(F)(F)F)C(F)(F)F)c1.OC(C(F)(F)F)(C(F)(F)F)C(F)(F)F.OC(c1ccccc1)(C(F)(F)F)C(F)(F)F. The second kappa shape index (κ2) is 15.4. The molecule has 2 aromatic rings. The van der Waals surface area contributed by atoms with E-state index in [1.165, 1.54) is 19.1 Å². The molecule has 0 heterocycles. The topological polar surface area (TPSA) is 60.7 Å². The third kappa shape index (κ3) is 10.2. The highest BCUT2D eigenvalue weighted by atomic mass is 19.4. The van der Waals surface area contributed by atoms with Crippen molar-refractivity contribution in [1.29, 1.82) is 0 Å². The van der Waals surface area contributed by atoms with Crippen molar-refractivity contribution in [2.75, 3.05) is 0 Å². The molecule has 24 heteroatoms. The number of hydrogen-bond acceptors (Lipinski definition) is 3. The van der Waals surface area contributed by atoms with Crippen molar-refractivity contribution < 1.29 is 108 Å². The molecule has 49 heavy (non-hydrogen) atoms. The molecule has 0 radical (unpaired) electrons. The fourth-order valence-corrected chi connectivity index (χ4v) is 3.01. The Bertz CT molecular complexity index is 1220. The maximum atomic E-state index is 12.4. The fraction of sp³-hybridized carbons (Fsp3) is 0.520. The first-order valence-corrected chi connectivity index (χ1v) is 11.1. The van der Waals surface area contributed by atoms with E-state index in [0.717, 1.165) is 18.2 Å². The second-order valence-electron chi connectivity index (χ2n) is 8.85. The third-order valence-electron chi connectivity index (χ3n) is 5.50. The molecule has 3 nitrogen and oxygen atoms in total. The van der Waals surface area contributed by atoms with Crippen molar-refractivity contribution in [1.82, 2.24) is 0 Å². The minimum atomic E-state index is -6.87. The summed E-state index contributed by atoms with van der Waals surface area (Å²) in [6, 6.07) is 7.95. The van der Waals surface area contributed by atoms with Crippen LogP contribution in [0.15, 0.2) is 54.6 Å². The lowest BCUT2D eigenvalue weighted by molar-refractivity contribution is -0.447. The largest absolute Gasteiger partial charge is 0.435 e. The average Bonchev–Trinajstić information content (AvgIpc) is 2.83. The zero-order valence-electron chi connectivity index (χ0n) is 22.0. The predicted octanol–water partition coefficient (Wildman–Crippen LogP) is 9.98. The molecule has 0 aliphatic carbocycles. The highest BCUT2D eigenvalue weighted by Gasteiger charge is 2.83. The highest BCUT2D eigenvalue weighted by molar-refractivity contribution is 5.30. The molecule has 2 rings (SSSR count). The molecule has 0 saturated carbocycles. The summed E-state index contributed by atoms with van der Waals surface area (Å²) >= 11 is 0. The van der Waals surface area contributed by atoms with Gasteiger partial charge in [0.05, 0.1) is 0 Å². The molecule has 0 atom stereocenters. The Labute approximate surface area is 261 Å². The van der Waals surface area contributed by atoms with Crippen LogP contribution in [0.5, 0.6) is 0 Å². The Kier molecular flexibility index (Phi) is 15.8. The Morgan fingerprint density at radius 1 is 0.367 bits per heavy atom. The number of aryl methyl sites for hydroxylation is 1. The van der Waals surface area contributed by atoms with Crippen LogP contribution in [0, 0.1) is 6.92 Å². The highest BCUT2D eigenvalue weighted by Crippen LogP contribution is 2.53. The Balaban J connectivity index is -0.000000638. The summed E-state index contributed by atoms with van der Waals surface area (Å²) in [5.41, 5.74) is -18.7. The van der Waals surface area contributed by atoms with Crippen molar-refractivity contribution in [2.24, 2.45) is 0 Å². The number of halogens is 21. The molecule has 0 spiro atoms. The van der Waals surface area contributed by atoms with Crippen LogP contribution in [0.1, 0.15) is 31.5 Å². The molecule has 0 saturated heterocycles. The summed E-state index contributed by atoms with van der Waals surface area (Å²) in [6.07, 6.45) is -43.9. The maximum Gasteiger partial charge on any atom is 0.435 e. The predicted molar refractivity (Wildman–Crippen MR) is 126 cm³/mol. The van der Waals surface area contributed by atoms with E-state index in [0.29, 0.717) is 24.3 Å². The molecule has 2 aromatic carbocycles. The van der Waals surface area contributed by atoms with Gasteiger partial charge < -0.3 is 15.3 Å². The minimum Gasteiger partial charge on any atom is -0.369 e. The van der Waals surface area contributed by atoms with Crippen LogP contribution in [-0.2, 0) is 11.2 Å². The van der Waals surface area contributed by atoms with Gasteiger partial charge in [0, 0.05) is 11.1 Å². The van der Waals surface area contributed by atoms with Crippen LogP contribution in [-0.4, -0.2) is 64.2 Å². The van der Waals surface area contributed by atoms with Gasteiger partial charge in [-0.05, 0) is 6.92 Å². The Morgan fingerprint density at radius 3 is 0.857 bits per heavy atom. The Hall–Kier alpha value is -3.15. The molecule has 0 amide bonds. The van der Waals surface area contributed by atoms with Gasteiger partial charge in [0.15, 0.2) is 0 Å². The lowest BCUT2D eigenvalue weighted by Gasteiger charge is -2.33. The third-order valence-corrected chi connectivity index (χ3v) is 5.50. The van der Waals surface area contributed by atoms with Gasteiger partial charge in [0.2, 0.25) is 0 Å². The van der Waals surface area contributed by atoms with Gasteiger partial charge in [-0.2, -0.15) is 92.2 Å². The average molecular weight is 770 g/mol. The van der Waals surface area contributed by atoms with Gasteiger partial charge in [-0.1, -0.05) is 75.0 Å². The smallest absolute Gasteiger partial charge is 0.369 e. The van der Waals surface area contributed by atoms with Crippen LogP contribution in [0.2, 0.25) is 0 Å². The summed E-state index contributed by atoms with van der Waals surface area (Å²) in [6.45, 7) is 1.33. The van der Waals surface area contributed by atoms with Crippen molar-refractivity contribution in [2.45, 2.75) is 81.8 Å². The lowest BCUT2D eigenvalue weighted by Crippen LogP contribution is -2.66. The van der Waals surface area contributed by atoms with Crippen molar-refractivity contribution in [3.63, 3.8) is 0 Å². The van der Waals surface area contributed by atoms with E-state index in [9.17, 15) is 92.2 Å². The van der Waals surface area contributed by atoms with Crippen molar-refractivity contribution in [3.05, 3.63) is 71.3 Å². The molecular weight excluding hydrogens is 747 g/mol. The van der Waals surface area contributed by atoms with E-state index in [2.05, 4.69) is 0 Å². The van der Waals surface area contributed by atoms with Gasteiger partial charge in [0.25, 0.3) is 11.2 Å².